The Kier molecular flexibility index (Phi) is 5.26. The number of carbonyl (C=O) groups is 1. The third kappa shape index (κ3) is 4.96. The van der Waals surface area contributed by atoms with E-state index in [1.165, 1.54) is 12.3 Å². The van der Waals surface area contributed by atoms with Crippen molar-refractivity contribution in [1.82, 2.24) is 30.9 Å². The Morgan fingerprint density at radius 3 is 2.61 bits per heavy atom. The molecule has 2 aromatic rings. The fourth-order valence-electron chi connectivity index (χ4n) is 2.75. The smallest absolute Gasteiger partial charge is 0.422 e. The van der Waals surface area contributed by atoms with Crippen LogP contribution >= 0.6 is 0 Å². The molecule has 1 aliphatic carbocycles. The van der Waals surface area contributed by atoms with Gasteiger partial charge in [-0.15, -0.1) is 5.10 Å². The van der Waals surface area contributed by atoms with E-state index in [9.17, 15) is 18.0 Å². The van der Waals surface area contributed by atoms with Crippen LogP contribution in [0.25, 0.3) is 0 Å². The van der Waals surface area contributed by atoms with Gasteiger partial charge in [0.1, 0.15) is 11.4 Å². The molecule has 1 saturated carbocycles. The summed E-state index contributed by atoms with van der Waals surface area (Å²) in [5, 5.41) is 16.3. The van der Waals surface area contributed by atoms with E-state index in [-0.39, 0.29) is 17.4 Å². The molecule has 8 nitrogen and oxygen atoms in total. The van der Waals surface area contributed by atoms with Crippen molar-refractivity contribution in [2.75, 3.05) is 6.61 Å². The van der Waals surface area contributed by atoms with Gasteiger partial charge in [-0.1, -0.05) is 20.8 Å². The third-order valence-corrected chi connectivity index (χ3v) is 4.31. The number of aromatic nitrogens is 5. The fourth-order valence-corrected chi connectivity index (χ4v) is 2.75. The van der Waals surface area contributed by atoms with Crippen LogP contribution in [-0.2, 0) is 0 Å². The highest BCUT2D eigenvalue weighted by molar-refractivity contribution is 5.93. The first kappa shape index (κ1) is 20.0. The van der Waals surface area contributed by atoms with Crippen LogP contribution in [0.1, 0.15) is 67.4 Å². The van der Waals surface area contributed by atoms with Crippen LogP contribution < -0.4 is 10.1 Å². The summed E-state index contributed by atoms with van der Waals surface area (Å²) in [6, 6.07) is 0.701. The van der Waals surface area contributed by atoms with E-state index in [1.54, 1.807) is 0 Å². The summed E-state index contributed by atoms with van der Waals surface area (Å²) < 4.78 is 42.7. The zero-order chi connectivity index (χ0) is 20.5. The van der Waals surface area contributed by atoms with E-state index in [0.717, 1.165) is 12.8 Å². The lowest BCUT2D eigenvalue weighted by Crippen LogP contribution is -2.37. The minimum atomic E-state index is -4.47. The maximum atomic E-state index is 12.7. The van der Waals surface area contributed by atoms with Crippen molar-refractivity contribution < 1.29 is 22.7 Å². The molecule has 1 unspecified atom stereocenters. The zero-order valence-corrected chi connectivity index (χ0v) is 15.7. The molecule has 0 spiro atoms. The largest absolute Gasteiger partial charge is 0.484 e. The first-order chi connectivity index (χ1) is 13.0. The Bertz CT molecular complexity index is 828. The lowest BCUT2D eigenvalue weighted by Gasteiger charge is -2.29. The maximum Gasteiger partial charge on any atom is 0.422 e. The molecule has 2 aromatic heterocycles. The number of H-pyrrole nitrogens is 1. The second-order valence-corrected chi connectivity index (χ2v) is 7.84. The monoisotopic (exact) mass is 398 g/mol. The lowest BCUT2D eigenvalue weighted by atomic mass is 9.86. The van der Waals surface area contributed by atoms with E-state index >= 15 is 0 Å². The lowest BCUT2D eigenvalue weighted by molar-refractivity contribution is -0.153. The molecule has 11 heteroatoms. The number of hydrogen-bond donors (Lipinski definition) is 2. The number of amides is 1. The minimum Gasteiger partial charge on any atom is -0.484 e. The number of aromatic amines is 1. The third-order valence-electron chi connectivity index (χ3n) is 4.31. The normalized spacial score (nSPS) is 15.9. The molecule has 0 aromatic carbocycles. The second kappa shape index (κ2) is 7.36. The molecule has 2 N–H and O–H groups in total. The van der Waals surface area contributed by atoms with Crippen molar-refractivity contribution in [1.29, 1.82) is 0 Å². The molecule has 28 heavy (non-hydrogen) atoms. The molecule has 0 radical (unpaired) electrons. The summed E-state index contributed by atoms with van der Waals surface area (Å²) in [6.07, 6.45) is -1.33. The second-order valence-electron chi connectivity index (χ2n) is 7.84. The Hall–Kier alpha value is -2.72. The van der Waals surface area contributed by atoms with Crippen LogP contribution in [0, 0.1) is 5.41 Å². The van der Waals surface area contributed by atoms with Crippen molar-refractivity contribution >= 4 is 5.91 Å². The minimum absolute atomic E-state index is 0.0358. The van der Waals surface area contributed by atoms with Crippen molar-refractivity contribution in [2.24, 2.45) is 5.41 Å². The van der Waals surface area contributed by atoms with Crippen molar-refractivity contribution in [3.05, 3.63) is 29.3 Å². The molecule has 1 aliphatic rings. The van der Waals surface area contributed by atoms with E-state index in [1.807, 2.05) is 20.8 Å². The predicted octanol–water partition coefficient (Wildman–Crippen LogP) is 2.93. The summed E-state index contributed by atoms with van der Waals surface area (Å²) in [5.74, 6) is -0.0384. The molecule has 2 heterocycles. The van der Waals surface area contributed by atoms with Gasteiger partial charge in [0.2, 0.25) is 0 Å². The summed E-state index contributed by atoms with van der Waals surface area (Å²) in [5.41, 5.74) is 0.122. The molecule has 3 rings (SSSR count). The molecule has 1 amide bonds. The van der Waals surface area contributed by atoms with Crippen LogP contribution in [0.4, 0.5) is 13.2 Å². The summed E-state index contributed by atoms with van der Waals surface area (Å²) in [6.45, 7) is 4.25. The van der Waals surface area contributed by atoms with Crippen molar-refractivity contribution in [2.45, 2.75) is 51.7 Å². The summed E-state index contributed by atoms with van der Waals surface area (Å²) in [7, 11) is 0. The topological polar surface area (TPSA) is 106 Å². The van der Waals surface area contributed by atoms with Gasteiger partial charge >= 0.3 is 6.18 Å². The number of nitrogens with one attached hydrogen (secondary N) is 2. The van der Waals surface area contributed by atoms with E-state index < -0.39 is 30.1 Å². The van der Waals surface area contributed by atoms with Gasteiger partial charge in [0, 0.05) is 17.8 Å². The van der Waals surface area contributed by atoms with Gasteiger partial charge < -0.3 is 10.1 Å². The molecular weight excluding hydrogens is 377 g/mol. The van der Waals surface area contributed by atoms with Crippen molar-refractivity contribution in [3.63, 3.8) is 0 Å². The molecule has 0 bridgehead atoms. The average Bonchev–Trinajstić information content (AvgIpc) is 3.30. The number of rotatable bonds is 6. The van der Waals surface area contributed by atoms with Gasteiger partial charge in [-0.05, 0) is 34.6 Å². The van der Waals surface area contributed by atoms with E-state index in [2.05, 4.69) is 30.9 Å². The van der Waals surface area contributed by atoms with E-state index in [0.29, 0.717) is 11.4 Å². The van der Waals surface area contributed by atoms with Crippen LogP contribution in [0.3, 0.4) is 0 Å². The van der Waals surface area contributed by atoms with Crippen LogP contribution in [-0.4, -0.2) is 44.3 Å². The molecule has 1 fully saturated rings. The Balaban J connectivity index is 1.82. The highest BCUT2D eigenvalue weighted by Gasteiger charge is 2.34. The Morgan fingerprint density at radius 2 is 2.07 bits per heavy atom. The van der Waals surface area contributed by atoms with Gasteiger partial charge in [-0.3, -0.25) is 9.78 Å². The first-order valence-electron chi connectivity index (χ1n) is 8.78. The summed E-state index contributed by atoms with van der Waals surface area (Å²) in [4.78, 5) is 16.8. The number of carbonyl (C=O) groups excluding carboxylic acids is 1. The number of tetrazole rings is 1. The predicted molar refractivity (Wildman–Crippen MR) is 91.6 cm³/mol. The highest BCUT2D eigenvalue weighted by Crippen LogP contribution is 2.44. The zero-order valence-electron chi connectivity index (χ0n) is 15.7. The first-order valence-corrected chi connectivity index (χ1v) is 8.78. The molecule has 1 atom stereocenters. The highest BCUT2D eigenvalue weighted by atomic mass is 19.4. The number of nitrogens with zero attached hydrogens (tertiary/aromatic N) is 4. The fraction of sp³-hybridized carbons (Fsp3) is 0.588. The number of halogens is 3. The standard InChI is InChI=1S/C17H21F3N6O2/c1-16(2,3)13(14-23-25-26-24-14)22-15(27)11-6-12(28-8-17(18,19)20)10(7-21-11)9-4-5-9/h6-7,9,13H,4-5,8H2,1-3H3,(H,22,27)(H,23,24,25,26). The van der Waals surface area contributed by atoms with Gasteiger partial charge in [0.05, 0.1) is 6.04 Å². The Morgan fingerprint density at radius 1 is 1.36 bits per heavy atom. The molecule has 0 saturated heterocycles. The maximum absolute atomic E-state index is 12.7. The van der Waals surface area contributed by atoms with Crippen LogP contribution in [0.5, 0.6) is 5.75 Å². The number of hydrogen-bond acceptors (Lipinski definition) is 6. The van der Waals surface area contributed by atoms with Crippen LogP contribution in [0.2, 0.25) is 0 Å². The summed E-state index contributed by atoms with van der Waals surface area (Å²) >= 11 is 0. The average molecular weight is 398 g/mol. The Labute approximate surface area is 159 Å². The molecular formula is C17H21F3N6O2. The number of ether oxygens (including phenoxy) is 1. The van der Waals surface area contributed by atoms with E-state index in [4.69, 9.17) is 4.74 Å². The number of alkyl halides is 3. The van der Waals surface area contributed by atoms with Gasteiger partial charge in [-0.25, -0.2) is 5.10 Å². The quantitative estimate of drug-likeness (QED) is 0.775. The SMILES string of the molecule is CC(C)(C)C(NC(=O)c1cc(OCC(F)(F)F)c(C2CC2)cn1)c1nnn[nH]1. The van der Waals surface area contributed by atoms with Gasteiger partial charge in [0.15, 0.2) is 12.4 Å². The number of pyridine rings is 1. The molecule has 152 valence electrons. The van der Waals surface area contributed by atoms with Gasteiger partial charge in [0.25, 0.3) is 5.91 Å². The van der Waals surface area contributed by atoms with Gasteiger partial charge in [-0.2, -0.15) is 13.2 Å². The van der Waals surface area contributed by atoms with Crippen molar-refractivity contribution in [3.8, 4) is 5.75 Å². The van der Waals surface area contributed by atoms with Crippen LogP contribution in [0.15, 0.2) is 12.3 Å². The molecule has 0 aliphatic heterocycles.